The number of nitrogens with one attached hydrogen (secondary N) is 1. The van der Waals surface area contributed by atoms with Gasteiger partial charge >= 0.3 is 5.97 Å². The van der Waals surface area contributed by atoms with Crippen molar-refractivity contribution in [1.29, 1.82) is 0 Å². The minimum Gasteiger partial charge on any atom is -0.466 e. The molecule has 1 heterocycles. The van der Waals surface area contributed by atoms with Crippen molar-refractivity contribution in [2.75, 3.05) is 11.9 Å². The van der Waals surface area contributed by atoms with Crippen molar-refractivity contribution in [3.8, 4) is 0 Å². The predicted octanol–water partition coefficient (Wildman–Crippen LogP) is 1.64. The van der Waals surface area contributed by atoms with Crippen molar-refractivity contribution in [3.63, 3.8) is 0 Å². The summed E-state index contributed by atoms with van der Waals surface area (Å²) in [7, 11) is 0. The molecule has 0 spiro atoms. The van der Waals surface area contributed by atoms with E-state index in [1.807, 2.05) is 0 Å². The normalized spacial score (nSPS) is 30.7. The summed E-state index contributed by atoms with van der Waals surface area (Å²) < 4.78 is 4.98. The van der Waals surface area contributed by atoms with Crippen LogP contribution in [-0.2, 0) is 14.3 Å². The molecule has 5 heteroatoms. The molecule has 0 bridgehead atoms. The maximum atomic E-state index is 12.7. The van der Waals surface area contributed by atoms with Crippen molar-refractivity contribution >= 4 is 23.3 Å². The average molecular weight is 273 g/mol. The van der Waals surface area contributed by atoms with Crippen LogP contribution in [0.25, 0.3) is 0 Å². The zero-order valence-corrected chi connectivity index (χ0v) is 11.3. The van der Waals surface area contributed by atoms with Gasteiger partial charge in [-0.3, -0.25) is 14.4 Å². The van der Waals surface area contributed by atoms with E-state index in [1.54, 1.807) is 38.1 Å². The third kappa shape index (κ3) is 1.52. The van der Waals surface area contributed by atoms with Crippen LogP contribution in [0.4, 0.5) is 5.69 Å². The van der Waals surface area contributed by atoms with Crippen LogP contribution in [0.15, 0.2) is 24.3 Å². The van der Waals surface area contributed by atoms with Crippen LogP contribution in [0.5, 0.6) is 0 Å². The lowest BCUT2D eigenvalue weighted by molar-refractivity contribution is -0.146. The van der Waals surface area contributed by atoms with Crippen LogP contribution < -0.4 is 5.32 Å². The number of anilines is 1. The number of ketones is 1. The Morgan fingerprint density at radius 2 is 2.05 bits per heavy atom. The third-order valence-corrected chi connectivity index (χ3v) is 4.26. The summed E-state index contributed by atoms with van der Waals surface area (Å²) in [6, 6.07) is 6.87. The first-order chi connectivity index (χ1) is 9.51. The van der Waals surface area contributed by atoms with Crippen LogP contribution in [0.1, 0.15) is 24.2 Å². The van der Waals surface area contributed by atoms with Crippen LogP contribution in [0.3, 0.4) is 0 Å². The largest absolute Gasteiger partial charge is 0.466 e. The lowest BCUT2D eigenvalue weighted by Gasteiger charge is -2.11. The van der Waals surface area contributed by atoms with Gasteiger partial charge in [0.2, 0.25) is 5.91 Å². The number of carbonyl (C=O) groups excluding carboxylic acids is 3. The van der Waals surface area contributed by atoms with E-state index in [2.05, 4.69) is 5.32 Å². The maximum absolute atomic E-state index is 12.7. The number of benzene rings is 1. The summed E-state index contributed by atoms with van der Waals surface area (Å²) >= 11 is 0. The van der Waals surface area contributed by atoms with Gasteiger partial charge in [0.15, 0.2) is 5.78 Å². The Bertz CT molecular complexity index is 618. The summed E-state index contributed by atoms with van der Waals surface area (Å²) in [6.45, 7) is 3.61. The summed E-state index contributed by atoms with van der Waals surface area (Å²) in [5, 5.41) is 2.73. The Morgan fingerprint density at radius 1 is 1.35 bits per heavy atom. The molecule has 20 heavy (non-hydrogen) atoms. The van der Waals surface area contributed by atoms with Gasteiger partial charge in [-0.05, 0) is 19.1 Å². The molecule has 2 aliphatic rings. The van der Waals surface area contributed by atoms with Crippen molar-refractivity contribution in [3.05, 3.63) is 29.8 Å². The molecule has 1 aliphatic heterocycles. The van der Waals surface area contributed by atoms with Crippen LogP contribution in [0.2, 0.25) is 0 Å². The smallest absolute Gasteiger partial charge is 0.310 e. The van der Waals surface area contributed by atoms with Crippen molar-refractivity contribution in [2.24, 2.45) is 17.3 Å². The van der Waals surface area contributed by atoms with Crippen molar-refractivity contribution < 1.29 is 19.1 Å². The molecule has 1 aromatic rings. The van der Waals surface area contributed by atoms with Crippen molar-refractivity contribution in [2.45, 2.75) is 13.8 Å². The van der Waals surface area contributed by atoms with E-state index in [1.165, 1.54) is 0 Å². The second-order valence-electron chi connectivity index (χ2n) is 5.35. The predicted molar refractivity (Wildman–Crippen MR) is 71.1 cm³/mol. The van der Waals surface area contributed by atoms with Gasteiger partial charge in [0, 0.05) is 5.56 Å². The number of para-hydroxylation sites is 1. The van der Waals surface area contributed by atoms with Gasteiger partial charge in [0.1, 0.15) is 0 Å². The quantitative estimate of drug-likeness (QED) is 0.831. The third-order valence-electron chi connectivity index (χ3n) is 4.26. The van der Waals surface area contributed by atoms with Crippen molar-refractivity contribution in [1.82, 2.24) is 0 Å². The van der Waals surface area contributed by atoms with Crippen LogP contribution in [-0.4, -0.2) is 24.3 Å². The molecule has 1 amide bonds. The highest BCUT2D eigenvalue weighted by atomic mass is 16.5. The van der Waals surface area contributed by atoms with E-state index in [9.17, 15) is 14.4 Å². The molecule has 1 N–H and O–H groups in total. The highest BCUT2D eigenvalue weighted by Gasteiger charge is 2.74. The number of rotatable bonds is 2. The zero-order valence-electron chi connectivity index (χ0n) is 11.3. The Hall–Kier alpha value is -2.17. The molecular formula is C15H15NO4. The second kappa shape index (κ2) is 4.16. The van der Waals surface area contributed by atoms with Gasteiger partial charge in [-0.15, -0.1) is 0 Å². The molecule has 3 atom stereocenters. The lowest BCUT2D eigenvalue weighted by Crippen LogP contribution is -2.20. The van der Waals surface area contributed by atoms with Gasteiger partial charge in [-0.2, -0.15) is 0 Å². The first kappa shape index (κ1) is 12.8. The molecule has 0 unspecified atom stereocenters. The number of Topliss-reactive ketones (excluding diaryl/α,β-unsaturated/α-hetero) is 1. The molecular weight excluding hydrogens is 258 g/mol. The Kier molecular flexibility index (Phi) is 2.67. The lowest BCUT2D eigenvalue weighted by atomic mass is 9.92. The van der Waals surface area contributed by atoms with Crippen LogP contribution in [0, 0.1) is 17.3 Å². The molecule has 5 nitrogen and oxygen atoms in total. The summed E-state index contributed by atoms with van der Waals surface area (Å²) in [5.74, 6) is -2.24. The second-order valence-corrected chi connectivity index (χ2v) is 5.35. The molecule has 1 saturated carbocycles. The standard InChI is InChI=1S/C15H15NO4/c1-3-20-14(19)11-10-13(18)16-9-7-5-4-6-8(9)12(17)15(10,11)2/h4-7,10-11H,3H2,1-2H3,(H,16,18)/t10-,11+,15+/m1/s1. The number of amides is 1. The fourth-order valence-corrected chi connectivity index (χ4v) is 3.12. The van der Waals surface area contributed by atoms with Gasteiger partial charge in [0.05, 0.1) is 29.5 Å². The SMILES string of the molecule is CCOC(=O)[C@@H]1[C@@H]2C(=O)Nc3ccccc3C(=O)[C@]12C. The molecule has 0 saturated heterocycles. The molecule has 1 fully saturated rings. The highest BCUT2D eigenvalue weighted by Crippen LogP contribution is 2.62. The van der Waals surface area contributed by atoms with Gasteiger partial charge in [0.25, 0.3) is 0 Å². The number of ether oxygens (including phenoxy) is 1. The fraction of sp³-hybridized carbons (Fsp3) is 0.400. The Labute approximate surface area is 116 Å². The number of hydrogen-bond donors (Lipinski definition) is 1. The maximum Gasteiger partial charge on any atom is 0.310 e. The summed E-state index contributed by atoms with van der Waals surface area (Å²) in [5.41, 5.74) is -0.0145. The average Bonchev–Trinajstić information content (AvgIpc) is 3.07. The molecule has 1 aromatic carbocycles. The minimum absolute atomic E-state index is 0.172. The number of carbonyl (C=O) groups is 3. The number of esters is 1. The van der Waals surface area contributed by atoms with E-state index in [-0.39, 0.29) is 18.3 Å². The monoisotopic (exact) mass is 273 g/mol. The van der Waals surface area contributed by atoms with Gasteiger partial charge in [-0.25, -0.2) is 0 Å². The Morgan fingerprint density at radius 3 is 2.75 bits per heavy atom. The summed E-state index contributed by atoms with van der Waals surface area (Å²) in [4.78, 5) is 36.8. The molecule has 1 aliphatic carbocycles. The van der Waals surface area contributed by atoms with Gasteiger partial charge in [-0.1, -0.05) is 19.1 Å². The van der Waals surface area contributed by atoms with Crippen LogP contribution >= 0.6 is 0 Å². The zero-order chi connectivity index (χ0) is 14.5. The number of fused-ring (bicyclic) bond motifs is 2. The van der Waals surface area contributed by atoms with E-state index in [0.29, 0.717) is 11.3 Å². The van der Waals surface area contributed by atoms with E-state index in [0.717, 1.165) is 0 Å². The first-order valence-electron chi connectivity index (χ1n) is 6.63. The van der Waals surface area contributed by atoms with E-state index < -0.39 is 23.2 Å². The Balaban J connectivity index is 2.03. The first-order valence-corrected chi connectivity index (χ1v) is 6.63. The van der Waals surface area contributed by atoms with E-state index in [4.69, 9.17) is 4.74 Å². The molecule has 3 rings (SSSR count). The molecule has 0 radical (unpaired) electrons. The van der Waals surface area contributed by atoms with Gasteiger partial charge < -0.3 is 10.1 Å². The number of hydrogen-bond acceptors (Lipinski definition) is 4. The highest BCUT2D eigenvalue weighted by molar-refractivity contribution is 6.19. The topological polar surface area (TPSA) is 72.5 Å². The molecule has 104 valence electrons. The fourth-order valence-electron chi connectivity index (χ4n) is 3.12. The molecule has 0 aromatic heterocycles. The van der Waals surface area contributed by atoms with E-state index >= 15 is 0 Å². The summed E-state index contributed by atoms with van der Waals surface area (Å²) in [6.07, 6.45) is 0. The minimum atomic E-state index is -0.983.